The largest absolute Gasteiger partial charge is 0.507 e. The predicted octanol–water partition coefficient (Wildman–Crippen LogP) is 8.24. The average Bonchev–Trinajstić information content (AvgIpc) is 2.96. The van der Waals surface area contributed by atoms with E-state index in [1.54, 1.807) is 0 Å². The van der Waals surface area contributed by atoms with Crippen LogP contribution in [0.25, 0.3) is 0 Å². The third kappa shape index (κ3) is 7.21. The summed E-state index contributed by atoms with van der Waals surface area (Å²) in [5.74, 6) is 0.759. The molecule has 0 aromatic heterocycles. The average molecular weight is 553 g/mol. The standard InChI is InChI=1S/C35H41O2PSi/c1-5-7-15-27-21-25(3)33(36)31(23-27)38(32-24-28(16-8-6-2)22-26(4)34(32)37)39-35(29-17-11-9-12-18-29)30-19-13-10-14-20-30/h9-14,17-24,35-37H,5-8,15-16H2,1-4H3. The Bertz CT molecular complexity index is 1250. The Morgan fingerprint density at radius 3 is 1.44 bits per heavy atom. The monoisotopic (exact) mass is 552 g/mol. The summed E-state index contributed by atoms with van der Waals surface area (Å²) < 4.78 is 0. The molecule has 2 nitrogen and oxygen atoms in total. The van der Waals surface area contributed by atoms with E-state index in [9.17, 15) is 10.2 Å². The van der Waals surface area contributed by atoms with Gasteiger partial charge in [-0.3, -0.25) is 0 Å². The van der Waals surface area contributed by atoms with E-state index in [2.05, 4.69) is 98.8 Å². The minimum Gasteiger partial charge on any atom is -0.507 e. The van der Waals surface area contributed by atoms with E-state index in [1.807, 2.05) is 13.8 Å². The Morgan fingerprint density at radius 1 is 0.641 bits per heavy atom. The lowest BCUT2D eigenvalue weighted by molar-refractivity contribution is 0.474. The topological polar surface area (TPSA) is 40.5 Å². The van der Waals surface area contributed by atoms with Crippen LogP contribution in [-0.2, 0) is 12.8 Å². The van der Waals surface area contributed by atoms with Crippen molar-refractivity contribution in [2.75, 3.05) is 0 Å². The zero-order valence-corrected chi connectivity index (χ0v) is 25.6. The van der Waals surface area contributed by atoms with Crippen LogP contribution in [0.1, 0.15) is 78.5 Å². The van der Waals surface area contributed by atoms with Crippen molar-refractivity contribution in [1.82, 2.24) is 0 Å². The summed E-state index contributed by atoms with van der Waals surface area (Å²) in [6.07, 6.45) is 6.51. The number of unbranched alkanes of at least 4 members (excludes halogenated alkanes) is 2. The maximum Gasteiger partial charge on any atom is 0.126 e. The van der Waals surface area contributed by atoms with Gasteiger partial charge in [0, 0.05) is 16.2 Å². The molecule has 2 N–H and O–H groups in total. The fraction of sp³-hybridized carbons (Fsp3) is 0.314. The summed E-state index contributed by atoms with van der Waals surface area (Å²) in [7, 11) is -0.594. The number of rotatable bonds is 12. The van der Waals surface area contributed by atoms with Crippen LogP contribution >= 0.6 is 7.47 Å². The second-order valence-electron chi connectivity index (χ2n) is 10.5. The first kappa shape index (κ1) is 29.1. The molecule has 0 unspecified atom stereocenters. The van der Waals surface area contributed by atoms with Crippen molar-refractivity contribution in [3.8, 4) is 11.5 Å². The summed E-state index contributed by atoms with van der Waals surface area (Å²) >= 11 is 0. The van der Waals surface area contributed by atoms with Crippen LogP contribution < -0.4 is 10.6 Å². The molecule has 4 heteroatoms. The molecule has 2 radical (unpaired) electrons. The van der Waals surface area contributed by atoms with E-state index < -0.39 is 7.47 Å². The molecule has 202 valence electrons. The van der Waals surface area contributed by atoms with Gasteiger partial charge in [0.25, 0.3) is 0 Å². The van der Waals surface area contributed by atoms with Crippen molar-refractivity contribution in [3.05, 3.63) is 118 Å². The van der Waals surface area contributed by atoms with E-state index in [1.165, 1.54) is 22.3 Å². The minimum atomic E-state index is -1.05. The summed E-state index contributed by atoms with van der Waals surface area (Å²) in [5, 5.41) is 25.1. The van der Waals surface area contributed by atoms with Crippen molar-refractivity contribution in [3.63, 3.8) is 0 Å². The van der Waals surface area contributed by atoms with Gasteiger partial charge in [-0.25, -0.2) is 0 Å². The molecule has 4 aromatic rings. The lowest BCUT2D eigenvalue weighted by Crippen LogP contribution is -2.23. The molecule has 0 heterocycles. The number of hydrogen-bond donors (Lipinski definition) is 2. The molecule has 0 saturated heterocycles. The Hall–Kier alpha value is -2.87. The van der Waals surface area contributed by atoms with Crippen LogP contribution in [0.15, 0.2) is 84.9 Å². The summed E-state index contributed by atoms with van der Waals surface area (Å²) in [4.78, 5) is 0. The van der Waals surface area contributed by atoms with Crippen molar-refractivity contribution < 1.29 is 10.2 Å². The molecular weight excluding hydrogens is 511 g/mol. The van der Waals surface area contributed by atoms with E-state index >= 15 is 0 Å². The lowest BCUT2D eigenvalue weighted by atomic mass is 10.0. The van der Waals surface area contributed by atoms with Crippen molar-refractivity contribution in [1.29, 1.82) is 0 Å². The highest BCUT2D eigenvalue weighted by atomic mass is 31.4. The summed E-state index contributed by atoms with van der Waals surface area (Å²) in [6, 6.07) is 30.2. The lowest BCUT2D eigenvalue weighted by Gasteiger charge is -2.28. The van der Waals surface area contributed by atoms with Gasteiger partial charge in [0.15, 0.2) is 0 Å². The molecule has 4 rings (SSSR count). The van der Waals surface area contributed by atoms with Gasteiger partial charge in [-0.05, 0) is 85.0 Å². The number of hydrogen-bond acceptors (Lipinski definition) is 2. The second-order valence-corrected chi connectivity index (χ2v) is 15.1. The Kier molecular flexibility index (Phi) is 10.4. The maximum atomic E-state index is 11.5. The smallest absolute Gasteiger partial charge is 0.126 e. The van der Waals surface area contributed by atoms with Crippen molar-refractivity contribution in [2.45, 2.75) is 71.8 Å². The van der Waals surface area contributed by atoms with Gasteiger partial charge in [0.05, 0.1) is 0 Å². The molecule has 0 saturated carbocycles. The van der Waals surface area contributed by atoms with Crippen LogP contribution in [-0.4, -0.2) is 19.4 Å². The zero-order chi connectivity index (χ0) is 27.8. The van der Waals surface area contributed by atoms with Crippen LogP contribution in [0.2, 0.25) is 0 Å². The third-order valence-corrected chi connectivity index (χ3v) is 13.1. The normalized spacial score (nSPS) is 11.4. The second kappa shape index (κ2) is 14.0. The van der Waals surface area contributed by atoms with Crippen LogP contribution in [0.5, 0.6) is 11.5 Å². The molecule has 0 spiro atoms. The van der Waals surface area contributed by atoms with Gasteiger partial charge in [0.2, 0.25) is 0 Å². The first-order chi connectivity index (χ1) is 18.9. The minimum absolute atomic E-state index is 0.163. The number of phenolic OH excluding ortho intramolecular Hbond substituents is 2. The van der Waals surface area contributed by atoms with E-state index in [-0.39, 0.29) is 5.54 Å². The molecule has 0 aliphatic carbocycles. The number of aromatic hydroxyl groups is 2. The highest BCUT2D eigenvalue weighted by molar-refractivity contribution is 7.97. The van der Waals surface area contributed by atoms with E-state index in [4.69, 9.17) is 0 Å². The molecule has 0 amide bonds. The van der Waals surface area contributed by atoms with Gasteiger partial charge in [-0.1, -0.05) is 107 Å². The van der Waals surface area contributed by atoms with Crippen LogP contribution in [0, 0.1) is 13.8 Å². The molecule has 39 heavy (non-hydrogen) atoms. The number of aryl methyl sites for hydroxylation is 4. The molecule has 0 bridgehead atoms. The van der Waals surface area contributed by atoms with Crippen LogP contribution in [0.3, 0.4) is 0 Å². The van der Waals surface area contributed by atoms with Crippen molar-refractivity contribution in [2.24, 2.45) is 0 Å². The van der Waals surface area contributed by atoms with Gasteiger partial charge >= 0.3 is 0 Å². The molecule has 4 aromatic carbocycles. The van der Waals surface area contributed by atoms with Gasteiger partial charge < -0.3 is 10.2 Å². The number of phenols is 2. The van der Waals surface area contributed by atoms with Gasteiger partial charge in [-0.15, -0.1) is 0 Å². The fourth-order valence-electron chi connectivity index (χ4n) is 5.09. The first-order valence-electron chi connectivity index (χ1n) is 14.2. The molecular formula is C35H41O2PSi. The third-order valence-electron chi connectivity index (χ3n) is 7.32. The summed E-state index contributed by atoms with van der Waals surface area (Å²) in [6.45, 7) is 8.46. The molecule has 0 fully saturated rings. The van der Waals surface area contributed by atoms with Gasteiger partial charge in [0.1, 0.15) is 20.7 Å². The Balaban J connectivity index is 1.92. The Labute approximate surface area is 238 Å². The van der Waals surface area contributed by atoms with Crippen LogP contribution in [0.4, 0.5) is 0 Å². The summed E-state index contributed by atoms with van der Waals surface area (Å²) in [5.41, 5.74) is 7.09. The van der Waals surface area contributed by atoms with Crippen molar-refractivity contribution >= 4 is 27.3 Å². The molecule has 0 aliphatic rings. The van der Waals surface area contributed by atoms with E-state index in [0.29, 0.717) is 20.7 Å². The molecule has 0 atom stereocenters. The highest BCUT2D eigenvalue weighted by Gasteiger charge is 2.29. The Morgan fingerprint density at radius 2 is 1.05 bits per heavy atom. The number of benzene rings is 4. The highest BCUT2D eigenvalue weighted by Crippen LogP contribution is 2.45. The molecule has 0 aliphatic heterocycles. The zero-order valence-electron chi connectivity index (χ0n) is 23.7. The SMILES string of the molecule is CCCCc1cc(C)c(O)c(P([Si]C(c2ccccc2)c2ccccc2)c2cc(CCCC)cc(C)c2O)c1. The maximum absolute atomic E-state index is 11.5. The van der Waals surface area contributed by atoms with E-state index in [0.717, 1.165) is 60.3 Å². The predicted molar refractivity (Wildman–Crippen MR) is 170 cm³/mol. The van der Waals surface area contributed by atoms with Gasteiger partial charge in [-0.2, -0.15) is 0 Å². The fourth-order valence-corrected chi connectivity index (χ4v) is 11.5. The quantitative estimate of drug-likeness (QED) is 0.137. The first-order valence-corrected chi connectivity index (χ1v) is 17.5.